The Bertz CT molecular complexity index is 631. The smallest absolute Gasteiger partial charge is 0.327 e. The van der Waals surface area contributed by atoms with Gasteiger partial charge in [-0.2, -0.15) is 0 Å². The Kier molecular flexibility index (Phi) is 4.65. The van der Waals surface area contributed by atoms with Crippen molar-refractivity contribution in [2.45, 2.75) is 56.9 Å². The highest BCUT2D eigenvalue weighted by Crippen LogP contribution is 2.44. The van der Waals surface area contributed by atoms with Crippen molar-refractivity contribution >= 4 is 23.6 Å². The Hall–Kier alpha value is -1.49. The fourth-order valence-electron chi connectivity index (χ4n) is 3.24. The number of amides is 1. The number of nitrogens with zero attached hydrogens (tertiary/aromatic N) is 1. The SMILES string of the molecule is CC(C)(C)c1ccc(C2SCC(C(=O)O)N2C(=O)C2CCC2)cc1. The van der Waals surface area contributed by atoms with Gasteiger partial charge in [-0.25, -0.2) is 4.79 Å². The maximum absolute atomic E-state index is 12.8. The molecule has 4 nitrogen and oxygen atoms in total. The number of carbonyl (C=O) groups excluding carboxylic acids is 1. The maximum Gasteiger partial charge on any atom is 0.327 e. The lowest BCUT2D eigenvalue weighted by molar-refractivity contribution is -0.152. The molecule has 2 unspecified atom stereocenters. The molecule has 1 saturated carbocycles. The van der Waals surface area contributed by atoms with Crippen molar-refractivity contribution in [2.75, 3.05) is 5.75 Å². The lowest BCUT2D eigenvalue weighted by Gasteiger charge is -2.34. The predicted octanol–water partition coefficient (Wildman–Crippen LogP) is 3.81. The van der Waals surface area contributed by atoms with Gasteiger partial charge in [-0.15, -0.1) is 11.8 Å². The van der Waals surface area contributed by atoms with Crippen LogP contribution in [0.3, 0.4) is 0 Å². The number of hydrogen-bond donors (Lipinski definition) is 1. The zero-order chi connectivity index (χ0) is 17.5. The monoisotopic (exact) mass is 347 g/mol. The summed E-state index contributed by atoms with van der Waals surface area (Å²) in [7, 11) is 0. The van der Waals surface area contributed by atoms with E-state index < -0.39 is 12.0 Å². The van der Waals surface area contributed by atoms with Crippen LogP contribution in [0.2, 0.25) is 0 Å². The minimum absolute atomic E-state index is 0.0156. The highest BCUT2D eigenvalue weighted by atomic mass is 32.2. The topological polar surface area (TPSA) is 57.6 Å². The molecule has 0 bridgehead atoms. The van der Waals surface area contributed by atoms with E-state index in [0.29, 0.717) is 5.75 Å². The van der Waals surface area contributed by atoms with Crippen LogP contribution in [0.4, 0.5) is 0 Å². The normalized spacial score (nSPS) is 24.7. The summed E-state index contributed by atoms with van der Waals surface area (Å²) < 4.78 is 0. The first-order chi connectivity index (χ1) is 11.3. The molecule has 1 aliphatic carbocycles. The summed E-state index contributed by atoms with van der Waals surface area (Å²) in [5, 5.41) is 9.33. The molecular formula is C19H25NO3S. The molecule has 1 aromatic carbocycles. The van der Waals surface area contributed by atoms with E-state index in [9.17, 15) is 14.7 Å². The lowest BCUT2D eigenvalue weighted by atomic mass is 9.84. The second-order valence-corrected chi connectivity index (χ2v) is 8.90. The second kappa shape index (κ2) is 6.43. The number of carbonyl (C=O) groups is 2. The minimum Gasteiger partial charge on any atom is -0.480 e. The molecule has 1 aromatic rings. The highest BCUT2D eigenvalue weighted by Gasteiger charge is 2.45. The molecule has 24 heavy (non-hydrogen) atoms. The van der Waals surface area contributed by atoms with Crippen molar-refractivity contribution in [3.63, 3.8) is 0 Å². The number of hydrogen-bond acceptors (Lipinski definition) is 3. The van der Waals surface area contributed by atoms with Gasteiger partial charge < -0.3 is 10.0 Å². The molecule has 2 fully saturated rings. The van der Waals surface area contributed by atoms with Crippen LogP contribution in [0.5, 0.6) is 0 Å². The van der Waals surface area contributed by atoms with Crippen molar-refractivity contribution in [3.8, 4) is 0 Å². The molecule has 1 amide bonds. The van der Waals surface area contributed by atoms with E-state index in [1.165, 1.54) is 5.56 Å². The molecule has 1 aliphatic heterocycles. The van der Waals surface area contributed by atoms with Gasteiger partial charge in [-0.3, -0.25) is 4.79 Å². The molecule has 2 aliphatic rings. The summed E-state index contributed by atoms with van der Waals surface area (Å²) in [6.45, 7) is 6.50. The summed E-state index contributed by atoms with van der Waals surface area (Å²) in [5.41, 5.74) is 2.33. The van der Waals surface area contributed by atoms with Gasteiger partial charge in [0, 0.05) is 11.7 Å². The Balaban J connectivity index is 1.87. The zero-order valence-corrected chi connectivity index (χ0v) is 15.3. The van der Waals surface area contributed by atoms with E-state index in [2.05, 4.69) is 32.9 Å². The van der Waals surface area contributed by atoms with E-state index in [-0.39, 0.29) is 22.6 Å². The molecular weight excluding hydrogens is 322 g/mol. The van der Waals surface area contributed by atoms with E-state index in [1.807, 2.05) is 12.1 Å². The number of carboxylic acid groups (broad SMARTS) is 1. The largest absolute Gasteiger partial charge is 0.480 e. The van der Waals surface area contributed by atoms with Crippen LogP contribution in [0.1, 0.15) is 56.5 Å². The molecule has 0 radical (unpaired) electrons. The predicted molar refractivity (Wildman–Crippen MR) is 96.0 cm³/mol. The third-order valence-electron chi connectivity index (χ3n) is 5.06. The molecule has 2 atom stereocenters. The van der Waals surface area contributed by atoms with Crippen molar-refractivity contribution in [3.05, 3.63) is 35.4 Å². The molecule has 0 spiro atoms. The van der Waals surface area contributed by atoms with Crippen LogP contribution in [0.25, 0.3) is 0 Å². The van der Waals surface area contributed by atoms with Gasteiger partial charge in [-0.1, -0.05) is 51.5 Å². The van der Waals surface area contributed by atoms with E-state index in [0.717, 1.165) is 24.8 Å². The van der Waals surface area contributed by atoms with Gasteiger partial charge in [0.2, 0.25) is 5.91 Å². The maximum atomic E-state index is 12.8. The fourth-order valence-corrected chi connectivity index (χ4v) is 4.67. The van der Waals surface area contributed by atoms with Crippen molar-refractivity contribution in [2.24, 2.45) is 5.92 Å². The van der Waals surface area contributed by atoms with Gasteiger partial charge in [0.1, 0.15) is 11.4 Å². The number of thioether (sulfide) groups is 1. The molecule has 130 valence electrons. The second-order valence-electron chi connectivity index (χ2n) is 7.79. The van der Waals surface area contributed by atoms with Crippen molar-refractivity contribution in [1.82, 2.24) is 4.90 Å². The highest BCUT2D eigenvalue weighted by molar-refractivity contribution is 7.99. The molecule has 1 heterocycles. The Morgan fingerprint density at radius 1 is 1.17 bits per heavy atom. The standard InChI is InChI=1S/C19H25NO3S/c1-19(2,3)14-9-7-13(8-10-14)17-20(15(11-24-17)18(22)23)16(21)12-5-4-6-12/h7-10,12,15,17H,4-6,11H2,1-3H3,(H,22,23). The molecule has 0 aromatic heterocycles. The van der Waals surface area contributed by atoms with Gasteiger partial charge >= 0.3 is 5.97 Å². The third kappa shape index (κ3) is 3.18. The zero-order valence-electron chi connectivity index (χ0n) is 14.5. The third-order valence-corrected chi connectivity index (χ3v) is 6.38. The molecule has 5 heteroatoms. The van der Waals surface area contributed by atoms with Gasteiger partial charge in [-0.05, 0) is 29.4 Å². The first-order valence-corrected chi connectivity index (χ1v) is 9.61. The molecule has 1 N–H and O–H groups in total. The minimum atomic E-state index is -0.899. The number of carboxylic acids is 1. The molecule has 1 saturated heterocycles. The fraction of sp³-hybridized carbons (Fsp3) is 0.579. The number of aliphatic carboxylic acids is 1. The summed E-state index contributed by atoms with van der Waals surface area (Å²) in [4.78, 5) is 26.0. The van der Waals surface area contributed by atoms with Crippen LogP contribution in [-0.2, 0) is 15.0 Å². The summed E-state index contributed by atoms with van der Waals surface area (Å²) in [6.07, 6.45) is 2.85. The van der Waals surface area contributed by atoms with Crippen LogP contribution in [0.15, 0.2) is 24.3 Å². The quantitative estimate of drug-likeness (QED) is 0.903. The van der Waals surface area contributed by atoms with E-state index >= 15 is 0 Å². The van der Waals surface area contributed by atoms with Crippen molar-refractivity contribution < 1.29 is 14.7 Å². The lowest BCUT2D eigenvalue weighted by Crippen LogP contribution is -2.47. The first-order valence-electron chi connectivity index (χ1n) is 8.56. The molecule has 3 rings (SSSR count). The van der Waals surface area contributed by atoms with E-state index in [4.69, 9.17) is 0 Å². The Labute approximate surface area is 147 Å². The Morgan fingerprint density at radius 3 is 2.25 bits per heavy atom. The van der Waals surface area contributed by atoms with Gasteiger partial charge in [0.25, 0.3) is 0 Å². The summed E-state index contributed by atoms with van der Waals surface area (Å²) in [5.74, 6) is -0.408. The number of rotatable bonds is 3. The van der Waals surface area contributed by atoms with Crippen LogP contribution >= 0.6 is 11.8 Å². The van der Waals surface area contributed by atoms with Crippen LogP contribution in [0, 0.1) is 5.92 Å². The van der Waals surface area contributed by atoms with Crippen LogP contribution in [-0.4, -0.2) is 33.7 Å². The average Bonchev–Trinajstić information content (AvgIpc) is 2.89. The summed E-state index contributed by atoms with van der Waals surface area (Å²) in [6, 6.07) is 7.56. The Morgan fingerprint density at radius 2 is 1.79 bits per heavy atom. The van der Waals surface area contributed by atoms with Gasteiger partial charge in [0.05, 0.1) is 0 Å². The average molecular weight is 347 g/mol. The first kappa shape index (κ1) is 17.3. The van der Waals surface area contributed by atoms with Crippen molar-refractivity contribution in [1.29, 1.82) is 0 Å². The number of benzene rings is 1. The van der Waals surface area contributed by atoms with E-state index in [1.54, 1.807) is 16.7 Å². The van der Waals surface area contributed by atoms with Gasteiger partial charge in [0.15, 0.2) is 0 Å². The van der Waals surface area contributed by atoms with Crippen LogP contribution < -0.4 is 0 Å². The summed E-state index contributed by atoms with van der Waals surface area (Å²) >= 11 is 1.56.